The summed E-state index contributed by atoms with van der Waals surface area (Å²) in [6.07, 6.45) is 1.00. The van der Waals surface area contributed by atoms with E-state index < -0.39 is 11.8 Å². The van der Waals surface area contributed by atoms with E-state index in [4.69, 9.17) is 5.73 Å². The molecule has 0 radical (unpaired) electrons. The van der Waals surface area contributed by atoms with Crippen LogP contribution >= 0.6 is 11.8 Å². The summed E-state index contributed by atoms with van der Waals surface area (Å²) in [6.45, 7) is 1.56. The molecule has 4 nitrogen and oxygen atoms in total. The Balaban J connectivity index is 2.35. The molecule has 0 spiro atoms. The maximum atomic E-state index is 14.0. The van der Waals surface area contributed by atoms with Crippen LogP contribution in [-0.4, -0.2) is 37.7 Å². The number of esters is 1. The molecule has 19 heavy (non-hydrogen) atoms. The molecule has 1 aliphatic heterocycles. The molecule has 2 N–H and O–H groups in total. The number of benzene rings is 1. The number of rotatable bonds is 2. The summed E-state index contributed by atoms with van der Waals surface area (Å²) < 4.78 is 18.7. The van der Waals surface area contributed by atoms with E-state index in [-0.39, 0.29) is 11.3 Å². The van der Waals surface area contributed by atoms with Gasteiger partial charge in [0.25, 0.3) is 0 Å². The van der Waals surface area contributed by atoms with Crippen LogP contribution in [0, 0.1) is 5.82 Å². The van der Waals surface area contributed by atoms with Crippen LogP contribution in [0.1, 0.15) is 16.8 Å². The first-order valence-corrected chi connectivity index (χ1v) is 7.29. The zero-order valence-corrected chi connectivity index (χ0v) is 11.6. The third-order valence-corrected chi connectivity index (χ3v) is 4.14. The van der Waals surface area contributed by atoms with Crippen molar-refractivity contribution >= 4 is 29.1 Å². The molecule has 1 aliphatic rings. The van der Waals surface area contributed by atoms with Crippen LogP contribution in [0.5, 0.6) is 0 Å². The smallest absolute Gasteiger partial charge is 0.340 e. The highest BCUT2D eigenvalue weighted by molar-refractivity contribution is 7.99. The van der Waals surface area contributed by atoms with E-state index in [0.717, 1.165) is 31.0 Å². The zero-order chi connectivity index (χ0) is 13.8. The van der Waals surface area contributed by atoms with Crippen LogP contribution in [0.15, 0.2) is 12.1 Å². The number of nitrogens with zero attached hydrogens (tertiary/aromatic N) is 1. The minimum atomic E-state index is -0.539. The summed E-state index contributed by atoms with van der Waals surface area (Å²) in [5, 5.41) is 0. The molecule has 0 bridgehead atoms. The largest absolute Gasteiger partial charge is 0.465 e. The number of thioether (sulfide) groups is 1. The van der Waals surface area contributed by atoms with Crippen LogP contribution in [0.25, 0.3) is 0 Å². The number of nitrogen functional groups attached to an aromatic ring is 1. The van der Waals surface area contributed by atoms with Gasteiger partial charge in [0, 0.05) is 24.5 Å². The van der Waals surface area contributed by atoms with Crippen LogP contribution in [0.4, 0.5) is 15.8 Å². The van der Waals surface area contributed by atoms with E-state index in [1.807, 2.05) is 16.7 Å². The average molecular weight is 284 g/mol. The Morgan fingerprint density at radius 3 is 2.95 bits per heavy atom. The number of methoxy groups -OCH3 is 1. The maximum Gasteiger partial charge on any atom is 0.340 e. The molecule has 0 saturated carbocycles. The fraction of sp³-hybridized carbons (Fsp3) is 0.462. The predicted octanol–water partition coefficient (Wildman–Crippen LogP) is 2.14. The van der Waals surface area contributed by atoms with Crippen molar-refractivity contribution in [1.29, 1.82) is 0 Å². The van der Waals surface area contributed by atoms with Gasteiger partial charge in [0.05, 0.1) is 18.4 Å². The highest BCUT2D eigenvalue weighted by atomic mass is 32.2. The van der Waals surface area contributed by atoms with Crippen LogP contribution in [0.2, 0.25) is 0 Å². The highest BCUT2D eigenvalue weighted by Gasteiger charge is 2.19. The fourth-order valence-corrected chi connectivity index (χ4v) is 2.98. The molecule has 6 heteroatoms. The summed E-state index contributed by atoms with van der Waals surface area (Å²) in [7, 11) is 1.29. The molecule has 2 rings (SSSR count). The summed E-state index contributed by atoms with van der Waals surface area (Å²) in [5.74, 6) is 1.11. The molecule has 1 aromatic rings. The second-order valence-electron chi connectivity index (χ2n) is 4.34. The zero-order valence-electron chi connectivity index (χ0n) is 10.8. The molecule has 0 amide bonds. The molecular formula is C13H17FN2O2S. The summed E-state index contributed by atoms with van der Waals surface area (Å²) >= 11 is 1.86. The molecule has 0 aromatic heterocycles. The van der Waals surface area contributed by atoms with Gasteiger partial charge in [-0.25, -0.2) is 9.18 Å². The van der Waals surface area contributed by atoms with Crippen LogP contribution in [0.3, 0.4) is 0 Å². The van der Waals surface area contributed by atoms with E-state index in [1.54, 1.807) is 0 Å². The lowest BCUT2D eigenvalue weighted by molar-refractivity contribution is 0.0602. The molecule has 0 aliphatic carbocycles. The third kappa shape index (κ3) is 3.12. The van der Waals surface area contributed by atoms with E-state index in [0.29, 0.717) is 5.69 Å². The second kappa shape index (κ2) is 6.14. The van der Waals surface area contributed by atoms with Crippen molar-refractivity contribution in [3.8, 4) is 0 Å². The van der Waals surface area contributed by atoms with Gasteiger partial charge in [-0.3, -0.25) is 0 Å². The highest BCUT2D eigenvalue weighted by Crippen LogP contribution is 2.27. The molecule has 0 unspecified atom stereocenters. The predicted molar refractivity (Wildman–Crippen MR) is 76.3 cm³/mol. The first-order valence-electron chi connectivity index (χ1n) is 6.13. The standard InChI is InChI=1S/C13H17FN2O2S/c1-18-13(17)9-7-12(10(14)8-11(9)15)16-3-2-5-19-6-4-16/h7-8H,2-6,15H2,1H3. The van der Waals surface area contributed by atoms with Crippen molar-refractivity contribution in [3.63, 3.8) is 0 Å². The number of carbonyl (C=O) groups is 1. The van der Waals surface area contributed by atoms with E-state index in [1.165, 1.54) is 19.2 Å². The van der Waals surface area contributed by atoms with E-state index >= 15 is 0 Å². The Morgan fingerprint density at radius 1 is 1.42 bits per heavy atom. The lowest BCUT2D eigenvalue weighted by Gasteiger charge is -2.23. The van der Waals surface area contributed by atoms with E-state index in [9.17, 15) is 9.18 Å². The lowest BCUT2D eigenvalue weighted by Crippen LogP contribution is -2.27. The maximum absolute atomic E-state index is 14.0. The normalized spacial score (nSPS) is 16.0. The van der Waals surface area contributed by atoms with Crippen molar-refractivity contribution in [1.82, 2.24) is 0 Å². The first kappa shape index (κ1) is 14.0. The van der Waals surface area contributed by atoms with Gasteiger partial charge in [0.1, 0.15) is 5.82 Å². The molecule has 1 fully saturated rings. The number of ether oxygens (including phenoxy) is 1. The Morgan fingerprint density at radius 2 is 2.21 bits per heavy atom. The van der Waals surface area contributed by atoms with Crippen LogP contribution in [-0.2, 0) is 4.74 Å². The Kier molecular flexibility index (Phi) is 4.52. The van der Waals surface area contributed by atoms with Gasteiger partial charge in [-0.1, -0.05) is 0 Å². The van der Waals surface area contributed by atoms with Crippen molar-refractivity contribution < 1.29 is 13.9 Å². The minimum absolute atomic E-state index is 0.109. The van der Waals surface area contributed by atoms with Gasteiger partial charge >= 0.3 is 5.97 Å². The number of carbonyl (C=O) groups excluding carboxylic acids is 1. The van der Waals surface area contributed by atoms with Gasteiger partial charge in [0.2, 0.25) is 0 Å². The van der Waals surface area contributed by atoms with Crippen molar-refractivity contribution in [2.75, 3.05) is 42.3 Å². The van der Waals surface area contributed by atoms with Gasteiger partial charge in [0.15, 0.2) is 0 Å². The number of halogens is 1. The lowest BCUT2D eigenvalue weighted by atomic mass is 10.1. The number of nitrogens with two attached hydrogens (primary N) is 1. The van der Waals surface area contributed by atoms with Gasteiger partial charge in [-0.2, -0.15) is 11.8 Å². The number of hydrogen-bond acceptors (Lipinski definition) is 5. The SMILES string of the molecule is COC(=O)c1cc(N2CCCSCC2)c(F)cc1N. The van der Waals surface area contributed by atoms with Gasteiger partial charge < -0.3 is 15.4 Å². The average Bonchev–Trinajstić information content (AvgIpc) is 2.67. The number of anilines is 2. The summed E-state index contributed by atoms with van der Waals surface area (Å²) in [6, 6.07) is 2.69. The Bertz CT molecular complexity index is 474. The monoisotopic (exact) mass is 284 g/mol. The van der Waals surface area contributed by atoms with Crippen LogP contribution < -0.4 is 10.6 Å². The second-order valence-corrected chi connectivity index (χ2v) is 5.56. The summed E-state index contributed by atoms with van der Waals surface area (Å²) in [5.41, 5.74) is 6.42. The Labute approximate surface area is 116 Å². The molecule has 104 valence electrons. The summed E-state index contributed by atoms with van der Waals surface area (Å²) in [4.78, 5) is 13.6. The quantitative estimate of drug-likeness (QED) is 0.666. The topological polar surface area (TPSA) is 55.6 Å². The third-order valence-electron chi connectivity index (χ3n) is 3.09. The fourth-order valence-electron chi connectivity index (χ4n) is 2.09. The first-order chi connectivity index (χ1) is 9.13. The Hall–Kier alpha value is -1.43. The number of hydrogen-bond donors (Lipinski definition) is 1. The van der Waals surface area contributed by atoms with Crippen molar-refractivity contribution in [3.05, 3.63) is 23.5 Å². The minimum Gasteiger partial charge on any atom is -0.465 e. The van der Waals surface area contributed by atoms with Gasteiger partial charge in [-0.15, -0.1) is 0 Å². The molecule has 1 heterocycles. The van der Waals surface area contributed by atoms with Crippen molar-refractivity contribution in [2.24, 2.45) is 0 Å². The molecule has 1 aromatic carbocycles. The molecular weight excluding hydrogens is 267 g/mol. The van der Waals surface area contributed by atoms with E-state index in [2.05, 4.69) is 4.74 Å². The molecule has 0 atom stereocenters. The molecule has 1 saturated heterocycles. The van der Waals surface area contributed by atoms with Gasteiger partial charge in [-0.05, 0) is 24.3 Å². The van der Waals surface area contributed by atoms with Crippen molar-refractivity contribution in [2.45, 2.75) is 6.42 Å².